The maximum Gasteiger partial charge on any atom is 0.188 e. The quantitative estimate of drug-likeness (QED) is 0.514. The predicted octanol–water partition coefficient (Wildman–Crippen LogP) is 1.49. The second-order valence-corrected chi connectivity index (χ2v) is 4.49. The minimum absolute atomic E-state index is 0.395. The van der Waals surface area contributed by atoms with Crippen molar-refractivity contribution >= 4 is 5.96 Å². The Bertz CT molecular complexity index is 196. The van der Waals surface area contributed by atoms with Gasteiger partial charge in [-0.1, -0.05) is 20.8 Å². The van der Waals surface area contributed by atoms with Gasteiger partial charge in [-0.05, 0) is 24.7 Å². The molecule has 0 saturated heterocycles. The van der Waals surface area contributed by atoms with Crippen LogP contribution in [0, 0.1) is 5.41 Å². The zero-order chi connectivity index (χ0) is 9.90. The molecule has 0 spiro atoms. The lowest BCUT2D eigenvalue weighted by Gasteiger charge is -2.45. The SMILES string of the molecule is CCCN=C(N)NC1CCC1(C)C. The lowest BCUT2D eigenvalue weighted by Crippen LogP contribution is -2.54. The highest BCUT2D eigenvalue weighted by Gasteiger charge is 2.38. The number of rotatable bonds is 3. The van der Waals surface area contributed by atoms with Crippen molar-refractivity contribution in [2.24, 2.45) is 16.1 Å². The molecule has 1 aliphatic carbocycles. The Hall–Kier alpha value is -0.730. The van der Waals surface area contributed by atoms with Crippen LogP contribution < -0.4 is 11.1 Å². The summed E-state index contributed by atoms with van der Waals surface area (Å²) in [5.74, 6) is 0.611. The van der Waals surface area contributed by atoms with Gasteiger partial charge in [0.25, 0.3) is 0 Å². The van der Waals surface area contributed by atoms with E-state index in [1.807, 2.05) is 0 Å². The molecule has 0 bridgehead atoms. The Balaban J connectivity index is 2.32. The first kappa shape index (κ1) is 10.4. The van der Waals surface area contributed by atoms with Crippen LogP contribution in [0.5, 0.6) is 0 Å². The molecule has 0 aromatic heterocycles. The van der Waals surface area contributed by atoms with E-state index in [4.69, 9.17) is 5.73 Å². The molecule has 0 aliphatic heterocycles. The average molecular weight is 183 g/mol. The van der Waals surface area contributed by atoms with Gasteiger partial charge in [0.15, 0.2) is 5.96 Å². The maximum atomic E-state index is 5.73. The van der Waals surface area contributed by atoms with E-state index in [1.165, 1.54) is 12.8 Å². The van der Waals surface area contributed by atoms with Crippen molar-refractivity contribution in [2.75, 3.05) is 6.54 Å². The second-order valence-electron chi connectivity index (χ2n) is 4.49. The summed E-state index contributed by atoms with van der Waals surface area (Å²) < 4.78 is 0. The smallest absolute Gasteiger partial charge is 0.188 e. The Morgan fingerprint density at radius 3 is 2.69 bits per heavy atom. The van der Waals surface area contributed by atoms with Crippen LogP contribution in [0.4, 0.5) is 0 Å². The summed E-state index contributed by atoms with van der Waals surface area (Å²) >= 11 is 0. The highest BCUT2D eigenvalue weighted by Crippen LogP contribution is 2.39. The van der Waals surface area contributed by atoms with Gasteiger partial charge in [-0.2, -0.15) is 0 Å². The number of nitrogens with two attached hydrogens (primary N) is 1. The molecule has 1 unspecified atom stereocenters. The third-order valence-electron chi connectivity index (χ3n) is 2.85. The van der Waals surface area contributed by atoms with Crippen LogP contribution in [0.25, 0.3) is 0 Å². The summed E-state index contributed by atoms with van der Waals surface area (Å²) in [7, 11) is 0. The summed E-state index contributed by atoms with van der Waals surface area (Å²) in [5.41, 5.74) is 6.13. The molecule has 3 N–H and O–H groups in total. The van der Waals surface area contributed by atoms with Gasteiger partial charge in [-0.25, -0.2) is 0 Å². The molecule has 0 radical (unpaired) electrons. The second kappa shape index (κ2) is 3.99. The van der Waals surface area contributed by atoms with Crippen molar-refractivity contribution in [3.8, 4) is 0 Å². The molecule has 1 aliphatic rings. The van der Waals surface area contributed by atoms with Crippen molar-refractivity contribution in [1.29, 1.82) is 0 Å². The van der Waals surface area contributed by atoms with Gasteiger partial charge in [0.1, 0.15) is 0 Å². The fraction of sp³-hybridized carbons (Fsp3) is 0.900. The Morgan fingerprint density at radius 2 is 2.31 bits per heavy atom. The summed E-state index contributed by atoms with van der Waals surface area (Å²) in [5, 5.41) is 3.27. The van der Waals surface area contributed by atoms with E-state index in [2.05, 4.69) is 31.1 Å². The topological polar surface area (TPSA) is 50.4 Å². The minimum Gasteiger partial charge on any atom is -0.370 e. The minimum atomic E-state index is 0.395. The van der Waals surface area contributed by atoms with Crippen molar-refractivity contribution in [1.82, 2.24) is 5.32 Å². The van der Waals surface area contributed by atoms with Crippen LogP contribution in [-0.4, -0.2) is 18.5 Å². The van der Waals surface area contributed by atoms with Crippen molar-refractivity contribution in [3.05, 3.63) is 0 Å². The van der Waals surface area contributed by atoms with Crippen LogP contribution in [0.15, 0.2) is 4.99 Å². The molecule has 0 amide bonds. The van der Waals surface area contributed by atoms with E-state index >= 15 is 0 Å². The summed E-state index contributed by atoms with van der Waals surface area (Å²) in [6, 6.07) is 0.521. The van der Waals surface area contributed by atoms with Gasteiger partial charge in [0, 0.05) is 12.6 Å². The molecule has 3 heteroatoms. The zero-order valence-electron chi connectivity index (χ0n) is 8.93. The number of guanidine groups is 1. The number of hydrogen-bond acceptors (Lipinski definition) is 1. The molecule has 1 atom stereocenters. The predicted molar refractivity (Wildman–Crippen MR) is 56.7 cm³/mol. The van der Waals surface area contributed by atoms with Crippen LogP contribution in [0.2, 0.25) is 0 Å². The van der Waals surface area contributed by atoms with E-state index in [0.717, 1.165) is 13.0 Å². The van der Waals surface area contributed by atoms with E-state index in [-0.39, 0.29) is 0 Å². The molecule has 1 saturated carbocycles. The molecule has 0 heterocycles. The molecule has 0 aromatic carbocycles. The first-order valence-corrected chi connectivity index (χ1v) is 5.12. The van der Waals surface area contributed by atoms with Gasteiger partial charge in [0.05, 0.1) is 0 Å². The highest BCUT2D eigenvalue weighted by molar-refractivity contribution is 5.78. The van der Waals surface area contributed by atoms with E-state index in [1.54, 1.807) is 0 Å². The standard InChI is InChI=1S/C10H21N3/c1-4-7-12-9(11)13-8-5-6-10(8,2)3/h8H,4-7H2,1-3H3,(H3,11,12,13). The fourth-order valence-corrected chi connectivity index (χ4v) is 1.59. The molecule has 76 valence electrons. The number of hydrogen-bond donors (Lipinski definition) is 2. The number of nitrogens with zero attached hydrogens (tertiary/aromatic N) is 1. The van der Waals surface area contributed by atoms with Gasteiger partial charge >= 0.3 is 0 Å². The van der Waals surface area contributed by atoms with Crippen molar-refractivity contribution in [3.63, 3.8) is 0 Å². The van der Waals surface area contributed by atoms with Crippen molar-refractivity contribution in [2.45, 2.75) is 46.1 Å². The molecule has 3 nitrogen and oxygen atoms in total. The largest absolute Gasteiger partial charge is 0.370 e. The lowest BCUT2D eigenvalue weighted by atomic mass is 9.67. The Labute approximate surface area is 80.8 Å². The van der Waals surface area contributed by atoms with Crippen LogP contribution in [-0.2, 0) is 0 Å². The summed E-state index contributed by atoms with van der Waals surface area (Å²) in [6.07, 6.45) is 3.55. The summed E-state index contributed by atoms with van der Waals surface area (Å²) in [4.78, 5) is 4.21. The monoisotopic (exact) mass is 183 g/mol. The zero-order valence-corrected chi connectivity index (χ0v) is 8.93. The van der Waals surface area contributed by atoms with Gasteiger partial charge < -0.3 is 11.1 Å². The average Bonchev–Trinajstić information content (AvgIpc) is 2.09. The third kappa shape index (κ3) is 2.61. The lowest BCUT2D eigenvalue weighted by molar-refractivity contribution is 0.126. The van der Waals surface area contributed by atoms with Crippen LogP contribution in [0.3, 0.4) is 0 Å². The van der Waals surface area contributed by atoms with Crippen molar-refractivity contribution < 1.29 is 0 Å². The number of nitrogens with one attached hydrogen (secondary N) is 1. The van der Waals surface area contributed by atoms with E-state index < -0.39 is 0 Å². The molecule has 13 heavy (non-hydrogen) atoms. The maximum absolute atomic E-state index is 5.73. The van der Waals surface area contributed by atoms with Gasteiger partial charge in [0.2, 0.25) is 0 Å². The molecular formula is C10H21N3. The van der Waals surface area contributed by atoms with Gasteiger partial charge in [-0.15, -0.1) is 0 Å². The Morgan fingerprint density at radius 1 is 1.62 bits per heavy atom. The van der Waals surface area contributed by atoms with E-state index in [0.29, 0.717) is 17.4 Å². The van der Waals surface area contributed by atoms with Gasteiger partial charge in [-0.3, -0.25) is 4.99 Å². The fourth-order valence-electron chi connectivity index (χ4n) is 1.59. The summed E-state index contributed by atoms with van der Waals surface area (Å²) in [6.45, 7) is 7.46. The molecule has 0 aromatic rings. The van der Waals surface area contributed by atoms with E-state index in [9.17, 15) is 0 Å². The first-order chi connectivity index (χ1) is 6.06. The van der Waals surface area contributed by atoms with Crippen LogP contribution >= 0.6 is 0 Å². The van der Waals surface area contributed by atoms with Crippen LogP contribution in [0.1, 0.15) is 40.0 Å². The number of aliphatic imine (C=N–C) groups is 1. The normalized spacial score (nSPS) is 26.7. The highest BCUT2D eigenvalue weighted by atomic mass is 15.1. The Kier molecular flexibility index (Phi) is 3.17. The molecular weight excluding hydrogens is 162 g/mol. The molecule has 1 fully saturated rings. The molecule has 1 rings (SSSR count). The first-order valence-electron chi connectivity index (χ1n) is 5.12. The third-order valence-corrected chi connectivity index (χ3v) is 2.85.